The summed E-state index contributed by atoms with van der Waals surface area (Å²) in [7, 11) is 1.25. The summed E-state index contributed by atoms with van der Waals surface area (Å²) in [5.41, 5.74) is 5.53. The highest BCUT2D eigenvalue weighted by atomic mass is 19.1. The maximum atomic E-state index is 13.4. The number of carbonyl (C=O) groups is 2. The Morgan fingerprint density at radius 2 is 2.25 bits per heavy atom. The molecule has 0 bridgehead atoms. The van der Waals surface area contributed by atoms with Crippen molar-refractivity contribution in [2.45, 2.75) is 6.10 Å². The Morgan fingerprint density at radius 3 is 2.90 bits per heavy atom. The number of anilines is 1. The number of morpholine rings is 1. The van der Waals surface area contributed by atoms with Gasteiger partial charge in [-0.05, 0) is 18.2 Å². The van der Waals surface area contributed by atoms with Gasteiger partial charge in [-0.15, -0.1) is 0 Å². The lowest BCUT2D eigenvalue weighted by Gasteiger charge is -2.31. The second-order valence-corrected chi connectivity index (χ2v) is 4.37. The van der Waals surface area contributed by atoms with Gasteiger partial charge in [-0.3, -0.25) is 4.79 Å². The number of hydrogen-bond acceptors (Lipinski definition) is 5. The van der Waals surface area contributed by atoms with E-state index in [0.29, 0.717) is 6.54 Å². The fourth-order valence-electron chi connectivity index (χ4n) is 1.95. The molecule has 1 saturated heterocycles. The molecule has 0 saturated carbocycles. The lowest BCUT2D eigenvalue weighted by Crippen LogP contribution is -2.48. The minimum atomic E-state index is -0.809. The zero-order valence-corrected chi connectivity index (χ0v) is 11.0. The first-order valence-corrected chi connectivity index (χ1v) is 6.06. The number of halogens is 1. The average Bonchev–Trinajstić information content (AvgIpc) is 2.48. The first-order chi connectivity index (χ1) is 9.52. The SMILES string of the molecule is COC(=O)C1CN(C(=O)c2ccc(N)c(F)c2)CCO1. The Hall–Kier alpha value is -2.15. The van der Waals surface area contributed by atoms with Crippen LogP contribution in [0.25, 0.3) is 0 Å². The minimum absolute atomic E-state index is 0.0176. The fraction of sp³-hybridized carbons (Fsp3) is 0.385. The van der Waals surface area contributed by atoms with E-state index < -0.39 is 17.9 Å². The van der Waals surface area contributed by atoms with Crippen molar-refractivity contribution < 1.29 is 23.5 Å². The van der Waals surface area contributed by atoms with Gasteiger partial charge in [-0.1, -0.05) is 0 Å². The molecule has 1 aromatic carbocycles. The van der Waals surface area contributed by atoms with E-state index in [9.17, 15) is 14.0 Å². The van der Waals surface area contributed by atoms with Crippen LogP contribution in [-0.2, 0) is 14.3 Å². The van der Waals surface area contributed by atoms with Crippen LogP contribution in [0.5, 0.6) is 0 Å². The van der Waals surface area contributed by atoms with Crippen LogP contribution in [0.1, 0.15) is 10.4 Å². The molecule has 1 atom stereocenters. The summed E-state index contributed by atoms with van der Waals surface area (Å²) in [4.78, 5) is 25.1. The summed E-state index contributed by atoms with van der Waals surface area (Å²) in [6.45, 7) is 0.638. The van der Waals surface area contributed by atoms with Crippen LogP contribution in [0, 0.1) is 5.82 Å². The van der Waals surface area contributed by atoms with Gasteiger partial charge in [0.15, 0.2) is 6.10 Å². The summed E-state index contributed by atoms with van der Waals surface area (Å²) >= 11 is 0. The van der Waals surface area contributed by atoms with E-state index in [0.717, 1.165) is 6.07 Å². The van der Waals surface area contributed by atoms with E-state index >= 15 is 0 Å². The number of methoxy groups -OCH3 is 1. The predicted molar refractivity (Wildman–Crippen MR) is 68.5 cm³/mol. The van der Waals surface area contributed by atoms with Gasteiger partial charge in [0.2, 0.25) is 0 Å². The van der Waals surface area contributed by atoms with Crippen molar-refractivity contribution in [3.8, 4) is 0 Å². The van der Waals surface area contributed by atoms with Crippen LogP contribution in [0.2, 0.25) is 0 Å². The summed E-state index contributed by atoms with van der Waals surface area (Å²) in [5.74, 6) is -1.55. The zero-order chi connectivity index (χ0) is 14.7. The lowest BCUT2D eigenvalue weighted by atomic mass is 10.1. The van der Waals surface area contributed by atoms with Crippen LogP contribution in [0.15, 0.2) is 18.2 Å². The highest BCUT2D eigenvalue weighted by molar-refractivity contribution is 5.95. The molecule has 6 nitrogen and oxygen atoms in total. The number of nitrogen functional groups attached to an aromatic ring is 1. The molecular formula is C13H15FN2O4. The first-order valence-electron chi connectivity index (χ1n) is 6.06. The quantitative estimate of drug-likeness (QED) is 0.628. The van der Waals surface area contributed by atoms with Gasteiger partial charge < -0.3 is 20.1 Å². The fourth-order valence-corrected chi connectivity index (χ4v) is 1.95. The molecule has 2 N–H and O–H groups in total. The van der Waals surface area contributed by atoms with Gasteiger partial charge in [0.05, 0.1) is 25.9 Å². The molecule has 108 valence electrons. The van der Waals surface area contributed by atoms with Gasteiger partial charge in [0.25, 0.3) is 5.91 Å². The molecule has 0 spiro atoms. The molecule has 0 radical (unpaired) electrons. The molecule has 0 aromatic heterocycles. The van der Waals surface area contributed by atoms with Gasteiger partial charge in [-0.25, -0.2) is 9.18 Å². The van der Waals surface area contributed by atoms with Crippen molar-refractivity contribution >= 4 is 17.6 Å². The number of hydrogen-bond donors (Lipinski definition) is 1. The number of nitrogens with zero attached hydrogens (tertiary/aromatic N) is 1. The summed E-state index contributed by atoms with van der Waals surface area (Å²) in [6, 6.07) is 3.87. The number of carbonyl (C=O) groups excluding carboxylic acids is 2. The van der Waals surface area contributed by atoms with Crippen LogP contribution < -0.4 is 5.73 Å². The zero-order valence-electron chi connectivity index (χ0n) is 11.0. The van der Waals surface area contributed by atoms with Gasteiger partial charge in [0, 0.05) is 12.1 Å². The number of benzene rings is 1. The minimum Gasteiger partial charge on any atom is -0.467 e. The van der Waals surface area contributed by atoms with E-state index in [1.165, 1.54) is 24.1 Å². The third-order valence-electron chi connectivity index (χ3n) is 3.07. The number of esters is 1. The van der Waals surface area contributed by atoms with Crippen molar-refractivity contribution in [2.75, 3.05) is 32.5 Å². The molecule has 1 aromatic rings. The van der Waals surface area contributed by atoms with Gasteiger partial charge >= 0.3 is 5.97 Å². The Labute approximate surface area is 115 Å². The Kier molecular flexibility index (Phi) is 4.19. The molecule has 1 amide bonds. The number of rotatable bonds is 2. The third kappa shape index (κ3) is 2.88. The third-order valence-corrected chi connectivity index (χ3v) is 3.07. The summed E-state index contributed by atoms with van der Waals surface area (Å²) < 4.78 is 23.2. The van der Waals surface area contributed by atoms with Crippen molar-refractivity contribution in [3.63, 3.8) is 0 Å². The molecule has 2 rings (SSSR count). The van der Waals surface area contributed by atoms with Gasteiger partial charge in [0.1, 0.15) is 5.82 Å². The first kappa shape index (κ1) is 14.3. The number of nitrogens with two attached hydrogens (primary N) is 1. The lowest BCUT2D eigenvalue weighted by molar-refractivity contribution is -0.158. The van der Waals surface area contributed by atoms with E-state index in [1.54, 1.807) is 0 Å². The van der Waals surface area contributed by atoms with Crippen molar-refractivity contribution in [1.29, 1.82) is 0 Å². The van der Waals surface area contributed by atoms with Crippen LogP contribution in [-0.4, -0.2) is 49.7 Å². The second-order valence-electron chi connectivity index (χ2n) is 4.37. The highest BCUT2D eigenvalue weighted by Crippen LogP contribution is 2.16. The average molecular weight is 282 g/mol. The monoisotopic (exact) mass is 282 g/mol. The standard InChI is InChI=1S/C13H15FN2O4/c1-19-13(18)11-7-16(4-5-20-11)12(17)8-2-3-10(15)9(14)6-8/h2-3,6,11H,4-5,7,15H2,1H3. The summed E-state index contributed by atoms with van der Waals surface area (Å²) in [5, 5.41) is 0. The maximum Gasteiger partial charge on any atom is 0.336 e. The predicted octanol–water partition coefficient (Wildman–Crippen LogP) is 0.422. The van der Waals surface area contributed by atoms with E-state index in [2.05, 4.69) is 4.74 Å². The Bertz CT molecular complexity index is 535. The Balaban J connectivity index is 2.12. The van der Waals surface area contributed by atoms with Crippen molar-refractivity contribution in [2.24, 2.45) is 0 Å². The highest BCUT2D eigenvalue weighted by Gasteiger charge is 2.30. The number of ether oxygens (including phenoxy) is 2. The number of amides is 1. The van der Waals surface area contributed by atoms with E-state index in [1.807, 2.05) is 0 Å². The van der Waals surface area contributed by atoms with Crippen molar-refractivity contribution in [3.05, 3.63) is 29.6 Å². The van der Waals surface area contributed by atoms with E-state index in [-0.39, 0.29) is 30.3 Å². The van der Waals surface area contributed by atoms with Crippen LogP contribution in [0.4, 0.5) is 10.1 Å². The van der Waals surface area contributed by atoms with Crippen LogP contribution >= 0.6 is 0 Å². The molecule has 1 aliphatic heterocycles. The smallest absolute Gasteiger partial charge is 0.336 e. The largest absolute Gasteiger partial charge is 0.467 e. The maximum absolute atomic E-state index is 13.4. The van der Waals surface area contributed by atoms with Gasteiger partial charge in [-0.2, -0.15) is 0 Å². The molecule has 1 unspecified atom stereocenters. The normalized spacial score (nSPS) is 18.7. The molecule has 7 heteroatoms. The molecule has 0 aliphatic carbocycles. The van der Waals surface area contributed by atoms with Crippen molar-refractivity contribution in [1.82, 2.24) is 4.90 Å². The second kappa shape index (κ2) is 5.87. The Morgan fingerprint density at radius 1 is 1.50 bits per heavy atom. The molecule has 1 aliphatic rings. The topological polar surface area (TPSA) is 81.9 Å². The molecular weight excluding hydrogens is 267 g/mol. The van der Waals surface area contributed by atoms with Crippen LogP contribution in [0.3, 0.4) is 0 Å². The molecule has 1 heterocycles. The molecule has 20 heavy (non-hydrogen) atoms. The molecule has 1 fully saturated rings. The summed E-state index contributed by atoms with van der Waals surface area (Å²) in [6.07, 6.45) is -0.809. The van der Waals surface area contributed by atoms with E-state index in [4.69, 9.17) is 10.5 Å².